The summed E-state index contributed by atoms with van der Waals surface area (Å²) in [6.07, 6.45) is 1.51. The molecular weight excluding hydrogens is 276 g/mol. The summed E-state index contributed by atoms with van der Waals surface area (Å²) in [6.45, 7) is 6.90. The smallest absolute Gasteiger partial charge is 0.169 e. The molecule has 0 fully saturated rings. The fourth-order valence-electron chi connectivity index (χ4n) is 1.97. The molecule has 0 saturated carbocycles. The van der Waals surface area contributed by atoms with Gasteiger partial charge < -0.3 is 16.1 Å². The zero-order chi connectivity index (χ0) is 16.2. The van der Waals surface area contributed by atoms with E-state index in [1.54, 1.807) is 0 Å². The molecule has 1 aromatic carbocycles. The zero-order valence-electron chi connectivity index (χ0n) is 13.6. The molecule has 6 nitrogen and oxygen atoms in total. The highest BCUT2D eigenvalue weighted by Gasteiger charge is 2.14. The minimum atomic E-state index is -0.0898. The molecule has 0 saturated heterocycles. The predicted molar refractivity (Wildman–Crippen MR) is 91.5 cm³/mol. The van der Waals surface area contributed by atoms with E-state index in [4.69, 9.17) is 5.73 Å². The topological polar surface area (TPSA) is 79.1 Å². The third kappa shape index (κ3) is 4.33. The number of nitrogens with zero attached hydrogens (tertiary/aromatic N) is 3. The van der Waals surface area contributed by atoms with Crippen LogP contribution in [0.2, 0.25) is 0 Å². The van der Waals surface area contributed by atoms with Gasteiger partial charge in [0, 0.05) is 19.1 Å². The first-order valence-electron chi connectivity index (χ1n) is 7.25. The van der Waals surface area contributed by atoms with E-state index >= 15 is 0 Å². The van der Waals surface area contributed by atoms with E-state index in [1.165, 1.54) is 11.9 Å². The lowest BCUT2D eigenvalue weighted by Crippen LogP contribution is -2.40. The second-order valence-corrected chi connectivity index (χ2v) is 6.30. The van der Waals surface area contributed by atoms with Crippen LogP contribution in [0.25, 0.3) is 0 Å². The number of anilines is 3. The normalized spacial score (nSPS) is 11.3. The monoisotopic (exact) mass is 300 g/mol. The van der Waals surface area contributed by atoms with Gasteiger partial charge in [-0.15, -0.1) is 0 Å². The fraction of sp³-hybridized carbons (Fsp3) is 0.375. The Kier molecular flexibility index (Phi) is 4.82. The molecule has 1 aromatic heterocycles. The van der Waals surface area contributed by atoms with Crippen molar-refractivity contribution in [1.29, 1.82) is 0 Å². The molecule has 0 bridgehead atoms. The molecule has 6 heteroatoms. The summed E-state index contributed by atoms with van der Waals surface area (Å²) in [5.41, 5.74) is 14.0. The lowest BCUT2D eigenvalue weighted by molar-refractivity contribution is 0.464. The number of rotatable bonds is 5. The standard InChI is InChI=1S/C16H24N6/c1-16(2,3)21-20-14-13(17)15(19-11-18-14)22(4)10-12-8-6-5-7-9-12/h5-9,11,21H,10,17H2,1-4H3,(H,18,19,20). The van der Waals surface area contributed by atoms with Gasteiger partial charge in [0.05, 0.1) is 0 Å². The van der Waals surface area contributed by atoms with E-state index < -0.39 is 0 Å². The van der Waals surface area contributed by atoms with Crippen LogP contribution in [0.15, 0.2) is 36.7 Å². The van der Waals surface area contributed by atoms with Crippen molar-refractivity contribution >= 4 is 17.3 Å². The first-order chi connectivity index (χ1) is 10.4. The van der Waals surface area contributed by atoms with Gasteiger partial charge in [-0.2, -0.15) is 0 Å². The summed E-state index contributed by atoms with van der Waals surface area (Å²) < 4.78 is 0. The molecule has 0 radical (unpaired) electrons. The lowest BCUT2D eigenvalue weighted by atomic mass is 10.1. The zero-order valence-corrected chi connectivity index (χ0v) is 13.6. The Hall–Kier alpha value is -2.34. The number of hydrogen-bond donors (Lipinski definition) is 3. The van der Waals surface area contributed by atoms with Crippen LogP contribution in [0, 0.1) is 0 Å². The Morgan fingerprint density at radius 1 is 1.14 bits per heavy atom. The van der Waals surface area contributed by atoms with E-state index in [0.717, 1.165) is 6.54 Å². The molecule has 2 rings (SSSR count). The van der Waals surface area contributed by atoms with Crippen molar-refractivity contribution in [2.24, 2.45) is 0 Å². The van der Waals surface area contributed by atoms with Crippen LogP contribution < -0.4 is 21.5 Å². The maximum Gasteiger partial charge on any atom is 0.169 e. The van der Waals surface area contributed by atoms with Gasteiger partial charge in [-0.1, -0.05) is 30.3 Å². The molecule has 118 valence electrons. The fourth-order valence-corrected chi connectivity index (χ4v) is 1.97. The van der Waals surface area contributed by atoms with Crippen LogP contribution in [0.3, 0.4) is 0 Å². The Bertz CT molecular complexity index is 606. The number of nitrogen functional groups attached to an aromatic ring is 1. The minimum Gasteiger partial charge on any atom is -0.393 e. The van der Waals surface area contributed by atoms with Crippen LogP contribution >= 0.6 is 0 Å². The van der Waals surface area contributed by atoms with Crippen LogP contribution in [-0.2, 0) is 6.54 Å². The Morgan fingerprint density at radius 2 is 1.82 bits per heavy atom. The van der Waals surface area contributed by atoms with Gasteiger partial charge in [0.15, 0.2) is 11.6 Å². The maximum atomic E-state index is 6.20. The third-order valence-electron chi connectivity index (χ3n) is 3.04. The first kappa shape index (κ1) is 16.0. The molecule has 4 N–H and O–H groups in total. The van der Waals surface area contributed by atoms with Crippen LogP contribution in [0.4, 0.5) is 17.3 Å². The number of hydrazine groups is 1. The maximum absolute atomic E-state index is 6.20. The largest absolute Gasteiger partial charge is 0.393 e. The molecule has 0 amide bonds. The van der Waals surface area contributed by atoms with Gasteiger partial charge in [0.2, 0.25) is 0 Å². The number of nitrogens with two attached hydrogens (primary N) is 1. The summed E-state index contributed by atoms with van der Waals surface area (Å²) in [5, 5.41) is 0. The van der Waals surface area contributed by atoms with Crippen molar-refractivity contribution in [2.45, 2.75) is 32.9 Å². The highest BCUT2D eigenvalue weighted by atomic mass is 15.4. The van der Waals surface area contributed by atoms with Crippen LogP contribution in [0.1, 0.15) is 26.3 Å². The van der Waals surface area contributed by atoms with E-state index in [-0.39, 0.29) is 5.54 Å². The minimum absolute atomic E-state index is 0.0898. The summed E-state index contributed by atoms with van der Waals surface area (Å²) in [5.74, 6) is 1.29. The first-order valence-corrected chi connectivity index (χ1v) is 7.25. The second-order valence-electron chi connectivity index (χ2n) is 6.30. The number of hydrogen-bond acceptors (Lipinski definition) is 6. The SMILES string of the molecule is CN(Cc1ccccc1)c1ncnc(NNC(C)(C)C)c1N. The second kappa shape index (κ2) is 6.62. The third-order valence-corrected chi connectivity index (χ3v) is 3.04. The van der Waals surface area contributed by atoms with Crippen molar-refractivity contribution in [3.63, 3.8) is 0 Å². The van der Waals surface area contributed by atoms with Gasteiger partial charge >= 0.3 is 0 Å². The van der Waals surface area contributed by atoms with Crippen molar-refractivity contribution in [3.05, 3.63) is 42.2 Å². The molecular formula is C16H24N6. The Morgan fingerprint density at radius 3 is 2.45 bits per heavy atom. The molecule has 0 atom stereocenters. The van der Waals surface area contributed by atoms with Gasteiger partial charge in [-0.25, -0.2) is 15.4 Å². The van der Waals surface area contributed by atoms with Crippen molar-refractivity contribution in [2.75, 3.05) is 23.1 Å². The Labute approximate surface area is 131 Å². The average molecular weight is 300 g/mol. The molecule has 22 heavy (non-hydrogen) atoms. The van der Waals surface area contributed by atoms with Crippen molar-refractivity contribution in [1.82, 2.24) is 15.4 Å². The van der Waals surface area contributed by atoms with E-state index in [0.29, 0.717) is 17.3 Å². The lowest BCUT2D eigenvalue weighted by Gasteiger charge is -2.24. The van der Waals surface area contributed by atoms with Gasteiger partial charge in [-0.3, -0.25) is 0 Å². The molecule has 0 aliphatic heterocycles. The van der Waals surface area contributed by atoms with Gasteiger partial charge in [-0.05, 0) is 26.3 Å². The molecule has 0 aliphatic carbocycles. The number of nitrogens with one attached hydrogen (secondary N) is 2. The Balaban J connectivity index is 2.14. The highest BCUT2D eigenvalue weighted by Crippen LogP contribution is 2.26. The molecule has 0 aliphatic rings. The van der Waals surface area contributed by atoms with E-state index in [2.05, 4.69) is 53.7 Å². The molecule has 2 aromatic rings. The predicted octanol–water partition coefficient (Wildman–Crippen LogP) is 2.41. The highest BCUT2D eigenvalue weighted by molar-refractivity contribution is 5.74. The van der Waals surface area contributed by atoms with Gasteiger partial charge in [0.25, 0.3) is 0 Å². The summed E-state index contributed by atoms with van der Waals surface area (Å²) in [7, 11) is 1.96. The van der Waals surface area contributed by atoms with E-state index in [9.17, 15) is 0 Å². The molecule has 0 unspecified atom stereocenters. The number of benzene rings is 1. The summed E-state index contributed by atoms with van der Waals surface area (Å²) in [6, 6.07) is 10.2. The molecule has 1 heterocycles. The van der Waals surface area contributed by atoms with Crippen molar-refractivity contribution in [3.8, 4) is 0 Å². The summed E-state index contributed by atoms with van der Waals surface area (Å²) >= 11 is 0. The average Bonchev–Trinajstić information content (AvgIpc) is 2.46. The quantitative estimate of drug-likeness (QED) is 0.736. The number of aromatic nitrogens is 2. The van der Waals surface area contributed by atoms with Crippen LogP contribution in [-0.4, -0.2) is 22.6 Å². The molecule has 0 spiro atoms. The van der Waals surface area contributed by atoms with E-state index in [1.807, 2.05) is 30.1 Å². The van der Waals surface area contributed by atoms with Crippen molar-refractivity contribution < 1.29 is 0 Å². The van der Waals surface area contributed by atoms with Gasteiger partial charge in [0.1, 0.15) is 12.0 Å². The van der Waals surface area contributed by atoms with Crippen LogP contribution in [0.5, 0.6) is 0 Å². The summed E-state index contributed by atoms with van der Waals surface area (Å²) in [4.78, 5) is 10.5.